The summed E-state index contributed by atoms with van der Waals surface area (Å²) >= 11 is 0. The molecule has 4 aromatic rings. The molecular weight excluding hydrogens is 658 g/mol. The highest BCUT2D eigenvalue weighted by Gasteiger charge is 2.29. The largest absolute Gasteiger partial charge is 0.493 e. The van der Waals surface area contributed by atoms with Gasteiger partial charge in [0.1, 0.15) is 19.4 Å². The maximum Gasteiger partial charge on any atom is 0.255 e. The van der Waals surface area contributed by atoms with Gasteiger partial charge in [0, 0.05) is 23.2 Å². The number of anilines is 1. The van der Waals surface area contributed by atoms with Gasteiger partial charge in [0.2, 0.25) is 11.5 Å². The molecule has 0 bridgehead atoms. The summed E-state index contributed by atoms with van der Waals surface area (Å²) < 4.78 is 45.6. The molecule has 0 saturated carbocycles. The van der Waals surface area contributed by atoms with Crippen molar-refractivity contribution in [1.82, 2.24) is 5.32 Å². The molecule has 1 amide bonds. The third kappa shape index (κ3) is 7.18. The number of carbonyl (C=O) groups is 1. The Labute approximate surface area is 296 Å². The van der Waals surface area contributed by atoms with Crippen LogP contribution < -0.4 is 48.5 Å². The van der Waals surface area contributed by atoms with Crippen molar-refractivity contribution >= 4 is 17.3 Å². The zero-order chi connectivity index (χ0) is 36.1. The van der Waals surface area contributed by atoms with Crippen LogP contribution in [0.15, 0.2) is 65.8 Å². The fraction of sp³-hybridized carbons (Fsp3) is 0.316. The van der Waals surface area contributed by atoms with E-state index in [1.165, 1.54) is 0 Å². The molecule has 0 aliphatic carbocycles. The number of carbonyl (C=O) groups excluding carboxylic acids is 1. The topological polar surface area (TPSA) is 137 Å². The third-order valence-electron chi connectivity index (χ3n) is 8.62. The predicted octanol–water partition coefficient (Wildman–Crippen LogP) is 6.22. The molecule has 4 aromatic carbocycles. The van der Waals surface area contributed by atoms with Crippen LogP contribution in [0.3, 0.4) is 0 Å². The first kappa shape index (κ1) is 34.9. The Kier molecular flexibility index (Phi) is 10.4. The molecule has 13 nitrogen and oxygen atoms in total. The smallest absolute Gasteiger partial charge is 0.255 e. The highest BCUT2D eigenvalue weighted by molar-refractivity contribution is 6.03. The molecule has 268 valence electrons. The van der Waals surface area contributed by atoms with E-state index in [4.69, 9.17) is 42.7 Å². The summed E-state index contributed by atoms with van der Waals surface area (Å²) in [5.74, 6) is 3.81. The lowest BCUT2D eigenvalue weighted by Gasteiger charge is -2.28. The fourth-order valence-corrected chi connectivity index (χ4v) is 6.02. The van der Waals surface area contributed by atoms with Gasteiger partial charge in [-0.05, 0) is 61.0 Å². The molecule has 2 aliphatic rings. The van der Waals surface area contributed by atoms with Crippen LogP contribution in [-0.2, 0) is 4.84 Å². The Morgan fingerprint density at radius 3 is 1.94 bits per heavy atom. The Hall–Kier alpha value is -5.98. The number of hydrogen-bond acceptors (Lipinski definition) is 12. The molecule has 2 unspecified atom stereocenters. The molecule has 2 N–H and O–H groups in total. The monoisotopic (exact) mass is 699 g/mol. The number of hydrogen-bond donors (Lipinski definition) is 2. The van der Waals surface area contributed by atoms with Crippen LogP contribution in [0.2, 0.25) is 0 Å². The second-order valence-corrected chi connectivity index (χ2v) is 11.7. The summed E-state index contributed by atoms with van der Waals surface area (Å²) in [6, 6.07) is 18.6. The zero-order valence-electron chi connectivity index (χ0n) is 29.6. The maximum absolute atomic E-state index is 12.8. The molecule has 0 fully saturated rings. The first-order valence-electron chi connectivity index (χ1n) is 16.2. The van der Waals surface area contributed by atoms with E-state index in [2.05, 4.69) is 15.8 Å². The van der Waals surface area contributed by atoms with Gasteiger partial charge < -0.3 is 53.4 Å². The zero-order valence-corrected chi connectivity index (χ0v) is 29.6. The number of nitrogens with zero attached hydrogens (tertiary/aromatic N) is 1. The Balaban J connectivity index is 1.10. The van der Waals surface area contributed by atoms with Crippen LogP contribution in [0.25, 0.3) is 0 Å². The van der Waals surface area contributed by atoms with E-state index in [1.807, 2.05) is 61.5 Å². The summed E-state index contributed by atoms with van der Waals surface area (Å²) in [5.41, 5.74) is 5.52. The molecule has 6 rings (SSSR count). The van der Waals surface area contributed by atoms with Crippen molar-refractivity contribution in [3.05, 3.63) is 88.5 Å². The molecule has 0 aromatic heterocycles. The minimum Gasteiger partial charge on any atom is -0.493 e. The van der Waals surface area contributed by atoms with Gasteiger partial charge in [0.15, 0.2) is 40.6 Å². The molecule has 2 atom stereocenters. The molecule has 2 aliphatic heterocycles. The number of amides is 1. The lowest BCUT2D eigenvalue weighted by molar-refractivity contribution is 0.0852. The lowest BCUT2D eigenvalue weighted by atomic mass is 9.99. The Bertz CT molecular complexity index is 1900. The maximum atomic E-state index is 12.8. The quantitative estimate of drug-likeness (QED) is 0.145. The fourth-order valence-electron chi connectivity index (χ4n) is 6.02. The van der Waals surface area contributed by atoms with Gasteiger partial charge in [-0.2, -0.15) is 0 Å². The van der Waals surface area contributed by atoms with E-state index in [0.717, 1.165) is 33.7 Å². The summed E-state index contributed by atoms with van der Waals surface area (Å²) in [6.07, 6.45) is -0.342. The van der Waals surface area contributed by atoms with Crippen molar-refractivity contribution in [2.75, 3.05) is 61.2 Å². The van der Waals surface area contributed by atoms with E-state index < -0.39 is 12.3 Å². The van der Waals surface area contributed by atoms with Crippen molar-refractivity contribution < 1.29 is 47.5 Å². The molecule has 0 saturated heterocycles. The average molecular weight is 700 g/mol. The van der Waals surface area contributed by atoms with Crippen LogP contribution in [-0.4, -0.2) is 67.5 Å². The van der Waals surface area contributed by atoms with Crippen molar-refractivity contribution in [1.29, 1.82) is 0 Å². The predicted molar refractivity (Wildman–Crippen MR) is 190 cm³/mol. The number of oxime groups is 1. The number of benzene rings is 4. The summed E-state index contributed by atoms with van der Waals surface area (Å²) in [5, 5.41) is 10.7. The van der Waals surface area contributed by atoms with Crippen LogP contribution in [0.1, 0.15) is 51.3 Å². The van der Waals surface area contributed by atoms with Gasteiger partial charge in [0.25, 0.3) is 5.91 Å². The SMILES string of the molecule is COc1cc(C2NC(=O)c3cc(C)ccc3N2)ccc1OCCOc1c(OC)cc(C2CC(c3cc(OC)c(OC)c(OC)c3)=NO2)cc1OC. The highest BCUT2D eigenvalue weighted by Crippen LogP contribution is 2.44. The Morgan fingerprint density at radius 2 is 1.29 bits per heavy atom. The van der Waals surface area contributed by atoms with Gasteiger partial charge in [-0.1, -0.05) is 22.9 Å². The van der Waals surface area contributed by atoms with Gasteiger partial charge in [0.05, 0.1) is 53.9 Å². The van der Waals surface area contributed by atoms with Crippen LogP contribution in [0, 0.1) is 6.92 Å². The molecule has 51 heavy (non-hydrogen) atoms. The van der Waals surface area contributed by atoms with Gasteiger partial charge in [-0.3, -0.25) is 4.79 Å². The summed E-state index contributed by atoms with van der Waals surface area (Å²) in [6.45, 7) is 2.34. The molecule has 13 heteroatoms. The summed E-state index contributed by atoms with van der Waals surface area (Å²) in [4.78, 5) is 18.6. The number of ether oxygens (including phenoxy) is 8. The van der Waals surface area contributed by atoms with Gasteiger partial charge in [-0.25, -0.2) is 0 Å². The van der Waals surface area contributed by atoms with Crippen molar-refractivity contribution in [3.63, 3.8) is 0 Å². The minimum atomic E-state index is -0.427. The number of aryl methyl sites for hydroxylation is 1. The Morgan fingerprint density at radius 1 is 0.667 bits per heavy atom. The number of nitrogens with one attached hydrogen (secondary N) is 2. The number of fused-ring (bicyclic) bond motifs is 1. The second-order valence-electron chi connectivity index (χ2n) is 11.7. The molecule has 0 radical (unpaired) electrons. The summed E-state index contributed by atoms with van der Waals surface area (Å²) in [7, 11) is 9.38. The van der Waals surface area contributed by atoms with E-state index in [1.54, 1.807) is 48.7 Å². The van der Waals surface area contributed by atoms with Gasteiger partial charge in [-0.15, -0.1) is 0 Å². The van der Waals surface area contributed by atoms with Gasteiger partial charge >= 0.3 is 0 Å². The van der Waals surface area contributed by atoms with Crippen LogP contribution in [0.4, 0.5) is 5.69 Å². The van der Waals surface area contributed by atoms with E-state index in [0.29, 0.717) is 58.0 Å². The second kappa shape index (κ2) is 15.3. The highest BCUT2D eigenvalue weighted by atomic mass is 16.6. The number of methoxy groups -OCH3 is 6. The first-order valence-corrected chi connectivity index (χ1v) is 16.2. The van der Waals surface area contributed by atoms with E-state index in [-0.39, 0.29) is 19.1 Å². The van der Waals surface area contributed by atoms with Crippen LogP contribution in [0.5, 0.6) is 46.0 Å². The normalized spacial score (nSPS) is 16.1. The van der Waals surface area contributed by atoms with Crippen molar-refractivity contribution in [2.24, 2.45) is 5.16 Å². The standard InChI is InChI=1S/C38H41N3O10/c1-21-8-10-26-25(14-21)38(42)40-37(39-26)22-9-11-28(30(15-22)43-2)49-12-13-50-36-33(46-5)18-24(19-34(36)47-6)29-20-27(41-51-29)23-16-31(44-3)35(48-7)32(17-23)45-4/h8-11,14-19,29,37,39H,12-13,20H2,1-7H3,(H,40,42). The minimum absolute atomic E-state index is 0.141. The van der Waals surface area contributed by atoms with Crippen LogP contribution >= 0.6 is 0 Å². The first-order chi connectivity index (χ1) is 24.8. The van der Waals surface area contributed by atoms with E-state index >= 15 is 0 Å². The number of rotatable bonds is 14. The average Bonchev–Trinajstić information content (AvgIpc) is 3.66. The van der Waals surface area contributed by atoms with E-state index in [9.17, 15) is 4.79 Å². The molecular formula is C38H41N3O10. The molecule has 2 heterocycles. The third-order valence-corrected chi connectivity index (χ3v) is 8.62. The molecule has 0 spiro atoms. The van der Waals surface area contributed by atoms with Crippen molar-refractivity contribution in [2.45, 2.75) is 25.6 Å². The van der Waals surface area contributed by atoms with Crippen molar-refractivity contribution in [3.8, 4) is 46.0 Å². The lowest BCUT2D eigenvalue weighted by Crippen LogP contribution is -2.38.